The predicted octanol–water partition coefficient (Wildman–Crippen LogP) is 3.41. The highest BCUT2D eigenvalue weighted by Gasteiger charge is 2.25. The van der Waals surface area contributed by atoms with Crippen LogP contribution in [0.15, 0.2) is 47.4 Å². The van der Waals surface area contributed by atoms with Crippen LogP contribution in [0.3, 0.4) is 0 Å². The van der Waals surface area contributed by atoms with Crippen molar-refractivity contribution in [3.8, 4) is 11.5 Å². The molecule has 1 aromatic heterocycles. The molecule has 0 amide bonds. The van der Waals surface area contributed by atoms with Gasteiger partial charge in [-0.2, -0.15) is 5.10 Å². The standard InChI is InChI=1S/C24H29N3O6S/c1-6-27(19-9-12-22(32-4)23(13-19)33-5)34(30,31)20-10-7-18(8-11-20)15-26-17(3)21(14-24(28)29)16(2)25-26/h7-13H,6,14-15H2,1-5H3,(H,28,29). The number of aromatic nitrogens is 2. The quantitative estimate of drug-likeness (QED) is 0.466. The lowest BCUT2D eigenvalue weighted by atomic mass is 10.1. The lowest BCUT2D eigenvalue weighted by molar-refractivity contribution is -0.136. The van der Waals surface area contributed by atoms with E-state index in [-0.39, 0.29) is 17.9 Å². The summed E-state index contributed by atoms with van der Waals surface area (Å²) in [7, 11) is -0.794. The van der Waals surface area contributed by atoms with Crippen LogP contribution in [-0.4, -0.2) is 50.0 Å². The van der Waals surface area contributed by atoms with E-state index in [1.165, 1.54) is 18.5 Å². The molecule has 0 fully saturated rings. The van der Waals surface area contributed by atoms with Crippen LogP contribution in [0.2, 0.25) is 0 Å². The molecule has 1 heterocycles. The summed E-state index contributed by atoms with van der Waals surface area (Å²) in [4.78, 5) is 11.3. The zero-order valence-corrected chi connectivity index (χ0v) is 20.7. The largest absolute Gasteiger partial charge is 0.493 e. The van der Waals surface area contributed by atoms with E-state index in [0.717, 1.165) is 11.3 Å². The minimum Gasteiger partial charge on any atom is -0.493 e. The summed E-state index contributed by atoms with van der Waals surface area (Å²) in [5.74, 6) is 0.0473. The third-order valence-electron chi connectivity index (χ3n) is 5.65. The number of rotatable bonds is 10. The lowest BCUT2D eigenvalue weighted by Gasteiger charge is -2.24. The van der Waals surface area contributed by atoms with E-state index in [1.807, 2.05) is 6.92 Å². The number of benzene rings is 2. The van der Waals surface area contributed by atoms with Gasteiger partial charge in [-0.05, 0) is 50.6 Å². The van der Waals surface area contributed by atoms with E-state index in [1.54, 1.807) is 61.0 Å². The van der Waals surface area contributed by atoms with Crippen LogP contribution in [0.25, 0.3) is 0 Å². The number of nitrogens with zero attached hydrogens (tertiary/aromatic N) is 3. The highest BCUT2D eigenvalue weighted by Crippen LogP contribution is 2.33. The van der Waals surface area contributed by atoms with Crippen LogP contribution in [0, 0.1) is 13.8 Å². The smallest absolute Gasteiger partial charge is 0.307 e. The molecule has 0 radical (unpaired) electrons. The van der Waals surface area contributed by atoms with Crippen LogP contribution in [-0.2, 0) is 27.8 Å². The predicted molar refractivity (Wildman–Crippen MR) is 128 cm³/mol. The highest BCUT2D eigenvalue weighted by molar-refractivity contribution is 7.92. The lowest BCUT2D eigenvalue weighted by Crippen LogP contribution is -2.30. The second kappa shape index (κ2) is 10.2. The summed E-state index contributed by atoms with van der Waals surface area (Å²) in [5.41, 5.74) is 3.47. The first-order valence-electron chi connectivity index (χ1n) is 10.7. The second-order valence-corrected chi connectivity index (χ2v) is 9.59. The van der Waals surface area contributed by atoms with Crippen molar-refractivity contribution >= 4 is 21.7 Å². The third kappa shape index (κ3) is 5.01. The van der Waals surface area contributed by atoms with Crippen molar-refractivity contribution in [2.24, 2.45) is 0 Å². The molecule has 0 saturated heterocycles. The third-order valence-corrected chi connectivity index (χ3v) is 7.56. The fourth-order valence-electron chi connectivity index (χ4n) is 3.83. The molecular formula is C24H29N3O6S. The molecule has 0 aliphatic heterocycles. The molecule has 3 rings (SSSR count). The van der Waals surface area contributed by atoms with Crippen molar-refractivity contribution in [3.05, 3.63) is 65.0 Å². The summed E-state index contributed by atoms with van der Waals surface area (Å²) < 4.78 is 40.3. The van der Waals surface area contributed by atoms with Crippen molar-refractivity contribution in [1.82, 2.24) is 9.78 Å². The molecule has 34 heavy (non-hydrogen) atoms. The molecule has 10 heteroatoms. The number of anilines is 1. The van der Waals surface area contributed by atoms with Crippen molar-refractivity contribution in [2.75, 3.05) is 25.1 Å². The summed E-state index contributed by atoms with van der Waals surface area (Å²) >= 11 is 0. The van der Waals surface area contributed by atoms with Gasteiger partial charge in [0, 0.05) is 23.9 Å². The number of hydrogen-bond acceptors (Lipinski definition) is 6. The van der Waals surface area contributed by atoms with Gasteiger partial charge in [-0.15, -0.1) is 0 Å². The summed E-state index contributed by atoms with van der Waals surface area (Å²) in [6, 6.07) is 11.6. The Morgan fingerprint density at radius 3 is 2.26 bits per heavy atom. The van der Waals surface area contributed by atoms with Crippen LogP contribution < -0.4 is 13.8 Å². The molecule has 0 spiro atoms. The van der Waals surface area contributed by atoms with Crippen LogP contribution in [0.1, 0.15) is 29.4 Å². The van der Waals surface area contributed by atoms with Gasteiger partial charge in [0.25, 0.3) is 10.0 Å². The Labute approximate surface area is 199 Å². The molecule has 0 atom stereocenters. The Balaban J connectivity index is 1.86. The summed E-state index contributed by atoms with van der Waals surface area (Å²) in [6.45, 7) is 6.02. The van der Waals surface area contributed by atoms with Crippen LogP contribution in [0.5, 0.6) is 11.5 Å². The average molecular weight is 488 g/mol. The van der Waals surface area contributed by atoms with Gasteiger partial charge in [0.1, 0.15) is 0 Å². The molecule has 0 unspecified atom stereocenters. The number of methoxy groups -OCH3 is 2. The van der Waals surface area contributed by atoms with Crippen molar-refractivity contribution in [2.45, 2.75) is 38.6 Å². The number of ether oxygens (including phenoxy) is 2. The first kappa shape index (κ1) is 25.1. The zero-order chi connectivity index (χ0) is 25.0. The van der Waals surface area contributed by atoms with Gasteiger partial charge in [-0.25, -0.2) is 8.42 Å². The summed E-state index contributed by atoms with van der Waals surface area (Å²) in [5, 5.41) is 13.6. The minimum absolute atomic E-state index is 0.0855. The molecule has 2 aromatic carbocycles. The molecule has 3 aromatic rings. The molecule has 9 nitrogen and oxygen atoms in total. The number of carboxylic acid groups (broad SMARTS) is 1. The van der Waals surface area contributed by atoms with Gasteiger partial charge in [0.2, 0.25) is 0 Å². The molecule has 1 N–H and O–H groups in total. The number of aliphatic carboxylic acids is 1. The topological polar surface area (TPSA) is 111 Å². The molecule has 0 aliphatic carbocycles. The Kier molecular flexibility index (Phi) is 7.51. The number of carbonyl (C=O) groups is 1. The maximum Gasteiger partial charge on any atom is 0.307 e. The van der Waals surface area contributed by atoms with Crippen LogP contribution >= 0.6 is 0 Å². The first-order chi connectivity index (χ1) is 16.1. The van der Waals surface area contributed by atoms with E-state index >= 15 is 0 Å². The Bertz CT molecular complexity index is 1280. The van der Waals surface area contributed by atoms with Gasteiger partial charge in [0.05, 0.1) is 43.5 Å². The van der Waals surface area contributed by atoms with E-state index < -0.39 is 16.0 Å². The molecule has 0 aliphatic rings. The molecule has 0 bridgehead atoms. The van der Waals surface area contributed by atoms with E-state index in [2.05, 4.69) is 5.10 Å². The fourth-order valence-corrected chi connectivity index (χ4v) is 5.30. The average Bonchev–Trinajstić information content (AvgIpc) is 3.06. The van der Waals surface area contributed by atoms with E-state index in [0.29, 0.717) is 35.0 Å². The van der Waals surface area contributed by atoms with Crippen molar-refractivity contribution in [3.63, 3.8) is 0 Å². The zero-order valence-electron chi connectivity index (χ0n) is 19.9. The van der Waals surface area contributed by atoms with Crippen molar-refractivity contribution < 1.29 is 27.8 Å². The first-order valence-corrected chi connectivity index (χ1v) is 12.1. The Morgan fingerprint density at radius 2 is 1.71 bits per heavy atom. The van der Waals surface area contributed by atoms with E-state index in [4.69, 9.17) is 14.6 Å². The van der Waals surface area contributed by atoms with Crippen LogP contribution in [0.4, 0.5) is 5.69 Å². The molecular weight excluding hydrogens is 458 g/mol. The van der Waals surface area contributed by atoms with Crippen molar-refractivity contribution in [1.29, 1.82) is 0 Å². The van der Waals surface area contributed by atoms with Gasteiger partial charge in [-0.3, -0.25) is 13.8 Å². The normalized spacial score (nSPS) is 11.3. The second-order valence-electron chi connectivity index (χ2n) is 7.73. The summed E-state index contributed by atoms with van der Waals surface area (Å²) in [6.07, 6.45) is -0.0855. The fraction of sp³-hybridized carbons (Fsp3) is 0.333. The number of hydrogen-bond donors (Lipinski definition) is 1. The maximum absolute atomic E-state index is 13.4. The maximum atomic E-state index is 13.4. The van der Waals surface area contributed by atoms with Gasteiger partial charge in [-0.1, -0.05) is 12.1 Å². The van der Waals surface area contributed by atoms with Gasteiger partial charge < -0.3 is 14.6 Å². The number of aryl methyl sites for hydroxylation is 1. The SMILES string of the molecule is CCN(c1ccc(OC)c(OC)c1)S(=O)(=O)c1ccc(Cn2nc(C)c(CC(=O)O)c2C)cc1. The number of sulfonamides is 1. The van der Waals surface area contributed by atoms with Gasteiger partial charge in [0.15, 0.2) is 11.5 Å². The van der Waals surface area contributed by atoms with Gasteiger partial charge >= 0.3 is 5.97 Å². The van der Waals surface area contributed by atoms with E-state index in [9.17, 15) is 13.2 Å². The minimum atomic E-state index is -3.81. The Hall–Kier alpha value is -3.53. The highest BCUT2D eigenvalue weighted by atomic mass is 32.2. The number of carboxylic acids is 1. The molecule has 0 saturated carbocycles. The molecule has 182 valence electrons. The Morgan fingerprint density at radius 1 is 1.06 bits per heavy atom. The monoisotopic (exact) mass is 487 g/mol.